The van der Waals surface area contributed by atoms with Crippen LogP contribution in [0.3, 0.4) is 0 Å². The first-order chi connectivity index (χ1) is 17.2. The third-order valence-electron chi connectivity index (χ3n) is 6.09. The molecule has 190 valence electrons. The molecule has 4 rings (SSSR count). The fourth-order valence-electron chi connectivity index (χ4n) is 4.30. The predicted octanol–water partition coefficient (Wildman–Crippen LogP) is 6.11. The van der Waals surface area contributed by atoms with E-state index in [0.717, 1.165) is 59.2 Å². The average molecular weight is 525 g/mol. The van der Waals surface area contributed by atoms with E-state index < -0.39 is 17.0 Å². The van der Waals surface area contributed by atoms with Gasteiger partial charge >= 0.3 is 5.97 Å². The van der Waals surface area contributed by atoms with E-state index in [1.807, 2.05) is 41.7 Å². The van der Waals surface area contributed by atoms with Gasteiger partial charge in [-0.3, -0.25) is 4.31 Å². The van der Waals surface area contributed by atoms with Crippen molar-refractivity contribution in [3.8, 4) is 5.75 Å². The number of aromatic nitrogens is 1. The Bertz CT molecular complexity index is 1310. The number of carboxylic acid groups (broad SMARTS) is 1. The molecule has 1 atom stereocenters. The smallest absolute Gasteiger partial charge is 0.328 e. The summed E-state index contributed by atoms with van der Waals surface area (Å²) >= 11 is 1.42. The third kappa shape index (κ3) is 6.23. The van der Waals surface area contributed by atoms with E-state index in [4.69, 9.17) is 9.84 Å². The van der Waals surface area contributed by atoms with Crippen LogP contribution in [0.2, 0.25) is 0 Å². The number of carboxylic acids is 1. The van der Waals surface area contributed by atoms with Gasteiger partial charge in [0.1, 0.15) is 12.4 Å². The molecule has 1 unspecified atom stereocenters. The number of aryl methyl sites for hydroxylation is 4. The topological polar surface area (TPSA) is 79.7 Å². The van der Waals surface area contributed by atoms with Crippen LogP contribution < -0.4 is 9.04 Å². The molecule has 0 fully saturated rings. The molecule has 3 aromatic rings. The van der Waals surface area contributed by atoms with Gasteiger partial charge in [0.25, 0.3) is 0 Å². The van der Waals surface area contributed by atoms with Crippen molar-refractivity contribution in [3.63, 3.8) is 0 Å². The SMILES string of the molecule is Cc1csc(S(=O)N(CC(C)C)c2cc3c(cc2OCc2ccc(/C=C/C(=O)O)cc2C)CCC3)n1. The van der Waals surface area contributed by atoms with E-state index in [1.165, 1.54) is 22.5 Å². The molecule has 6 nitrogen and oxygen atoms in total. The van der Waals surface area contributed by atoms with E-state index >= 15 is 0 Å². The highest BCUT2D eigenvalue weighted by Crippen LogP contribution is 2.38. The first-order valence-electron chi connectivity index (χ1n) is 12.1. The van der Waals surface area contributed by atoms with Gasteiger partial charge in [-0.25, -0.2) is 14.0 Å². The number of fused-ring (bicyclic) bond motifs is 1. The summed E-state index contributed by atoms with van der Waals surface area (Å²) in [5.74, 6) is 0.0531. The highest BCUT2D eigenvalue weighted by atomic mass is 32.2. The lowest BCUT2D eigenvalue weighted by Gasteiger charge is -2.27. The minimum Gasteiger partial charge on any atom is -0.487 e. The molecule has 0 amide bonds. The van der Waals surface area contributed by atoms with Crippen LogP contribution in [0.4, 0.5) is 5.69 Å². The predicted molar refractivity (Wildman–Crippen MR) is 146 cm³/mol. The molecule has 0 aliphatic heterocycles. The van der Waals surface area contributed by atoms with Crippen molar-refractivity contribution in [2.45, 2.75) is 57.9 Å². The molecule has 1 N–H and O–H groups in total. The summed E-state index contributed by atoms with van der Waals surface area (Å²) < 4.78 is 22.7. The molecule has 2 aromatic carbocycles. The molecule has 1 aliphatic carbocycles. The molecule has 0 saturated carbocycles. The Labute approximate surface area is 219 Å². The molecule has 0 saturated heterocycles. The van der Waals surface area contributed by atoms with Crippen LogP contribution in [0.1, 0.15) is 53.8 Å². The molecule has 0 radical (unpaired) electrons. The van der Waals surface area contributed by atoms with Crippen molar-refractivity contribution in [3.05, 3.63) is 75.3 Å². The molecular formula is C28H32N2O4S2. The van der Waals surface area contributed by atoms with E-state index in [9.17, 15) is 9.00 Å². The number of anilines is 1. The maximum atomic E-state index is 13.7. The Balaban J connectivity index is 1.66. The van der Waals surface area contributed by atoms with Crippen molar-refractivity contribution in [2.24, 2.45) is 5.92 Å². The van der Waals surface area contributed by atoms with Gasteiger partial charge in [-0.05, 0) is 85.1 Å². The zero-order valence-electron chi connectivity index (χ0n) is 21.1. The van der Waals surface area contributed by atoms with Gasteiger partial charge in [0, 0.05) is 23.7 Å². The third-order valence-corrected chi connectivity index (χ3v) is 8.69. The Kier molecular flexibility index (Phi) is 8.26. The van der Waals surface area contributed by atoms with Crippen LogP contribution in [0.25, 0.3) is 6.08 Å². The van der Waals surface area contributed by atoms with Gasteiger partial charge < -0.3 is 9.84 Å². The van der Waals surface area contributed by atoms with Gasteiger partial charge in [0.05, 0.1) is 5.69 Å². The van der Waals surface area contributed by atoms with E-state index in [-0.39, 0.29) is 0 Å². The number of ether oxygens (including phenoxy) is 1. The molecule has 1 aromatic heterocycles. The largest absolute Gasteiger partial charge is 0.487 e. The number of hydrogen-bond acceptors (Lipinski definition) is 5. The first kappa shape index (κ1) is 26.1. The summed E-state index contributed by atoms with van der Waals surface area (Å²) in [4.78, 5) is 15.3. The highest BCUT2D eigenvalue weighted by molar-refractivity contribution is 7.88. The second kappa shape index (κ2) is 11.4. The van der Waals surface area contributed by atoms with Crippen LogP contribution in [-0.4, -0.2) is 26.8 Å². The monoisotopic (exact) mass is 524 g/mol. The van der Waals surface area contributed by atoms with Gasteiger partial charge in [0.2, 0.25) is 4.34 Å². The molecule has 1 heterocycles. The molecule has 0 bridgehead atoms. The van der Waals surface area contributed by atoms with Crippen LogP contribution in [0.15, 0.2) is 46.1 Å². The number of rotatable bonds is 10. The zero-order chi connectivity index (χ0) is 25.8. The van der Waals surface area contributed by atoms with E-state index in [2.05, 4.69) is 31.0 Å². The quantitative estimate of drug-likeness (QED) is 0.324. The lowest BCUT2D eigenvalue weighted by molar-refractivity contribution is -0.131. The summed E-state index contributed by atoms with van der Waals surface area (Å²) in [5, 5.41) is 10.8. The van der Waals surface area contributed by atoms with Crippen molar-refractivity contribution >= 4 is 40.1 Å². The molecule has 8 heteroatoms. The van der Waals surface area contributed by atoms with Crippen molar-refractivity contribution < 1.29 is 18.8 Å². The second-order valence-corrected chi connectivity index (χ2v) is 12.0. The van der Waals surface area contributed by atoms with Crippen LogP contribution in [-0.2, 0) is 35.2 Å². The number of thiazole rings is 1. The van der Waals surface area contributed by atoms with E-state index in [1.54, 1.807) is 6.08 Å². The van der Waals surface area contributed by atoms with E-state index in [0.29, 0.717) is 23.4 Å². The van der Waals surface area contributed by atoms with Gasteiger partial charge in [0.15, 0.2) is 11.0 Å². The first-order valence-corrected chi connectivity index (χ1v) is 14.1. The molecule has 0 spiro atoms. The summed E-state index contributed by atoms with van der Waals surface area (Å²) in [5.41, 5.74) is 7.16. The maximum Gasteiger partial charge on any atom is 0.328 e. The minimum atomic E-state index is -1.44. The van der Waals surface area contributed by atoms with Crippen LogP contribution in [0.5, 0.6) is 5.75 Å². The van der Waals surface area contributed by atoms with Crippen LogP contribution >= 0.6 is 11.3 Å². The molecule has 36 heavy (non-hydrogen) atoms. The number of carbonyl (C=O) groups is 1. The number of nitrogens with zero attached hydrogens (tertiary/aromatic N) is 2. The van der Waals surface area contributed by atoms with Crippen molar-refractivity contribution in [2.75, 3.05) is 10.8 Å². The van der Waals surface area contributed by atoms with Gasteiger partial charge in [-0.1, -0.05) is 32.0 Å². The Hall–Kier alpha value is -2.97. The van der Waals surface area contributed by atoms with Gasteiger partial charge in [-0.2, -0.15) is 0 Å². The van der Waals surface area contributed by atoms with Crippen LogP contribution in [0, 0.1) is 19.8 Å². The summed E-state index contributed by atoms with van der Waals surface area (Å²) in [6.45, 7) is 9.12. The number of benzene rings is 2. The van der Waals surface area contributed by atoms with Gasteiger partial charge in [-0.15, -0.1) is 11.3 Å². The Morgan fingerprint density at radius 3 is 2.61 bits per heavy atom. The fraction of sp³-hybridized carbons (Fsp3) is 0.357. The maximum absolute atomic E-state index is 13.7. The Morgan fingerprint density at radius 2 is 1.97 bits per heavy atom. The molecular weight excluding hydrogens is 492 g/mol. The summed E-state index contributed by atoms with van der Waals surface area (Å²) in [6, 6.07) is 10.1. The number of aliphatic carboxylic acids is 1. The minimum absolute atomic E-state index is 0.296. The normalized spacial score (nSPS) is 13.8. The zero-order valence-corrected chi connectivity index (χ0v) is 22.7. The summed E-state index contributed by atoms with van der Waals surface area (Å²) in [7, 11) is -1.44. The Morgan fingerprint density at radius 1 is 1.22 bits per heavy atom. The van der Waals surface area contributed by atoms with Crippen molar-refractivity contribution in [1.82, 2.24) is 4.98 Å². The fourth-order valence-corrected chi connectivity index (χ4v) is 6.73. The highest BCUT2D eigenvalue weighted by Gasteiger charge is 2.26. The lowest BCUT2D eigenvalue weighted by Crippen LogP contribution is -2.30. The lowest BCUT2D eigenvalue weighted by atomic mass is 10.0. The standard InChI is InChI=1S/C28H32N2O4S2/c1-18(2)15-30(36(33)28-29-20(4)17-35-28)25-13-22-6-5-7-23(22)14-26(25)34-16-24-10-8-21(12-19(24)3)9-11-27(31)32/h8-14,17-18H,5-7,15-16H2,1-4H3,(H,31,32)/b11-9+. The summed E-state index contributed by atoms with van der Waals surface area (Å²) in [6.07, 6.45) is 5.87. The van der Waals surface area contributed by atoms with Crippen molar-refractivity contribution in [1.29, 1.82) is 0 Å². The average Bonchev–Trinajstić information content (AvgIpc) is 3.47. The second-order valence-electron chi connectivity index (χ2n) is 9.55. The number of hydrogen-bond donors (Lipinski definition) is 1. The molecule has 1 aliphatic rings.